The average molecular weight is 297 g/mol. The van der Waals surface area contributed by atoms with Gasteiger partial charge in [-0.15, -0.1) is 0 Å². The van der Waals surface area contributed by atoms with Gasteiger partial charge in [0.05, 0.1) is 5.75 Å². The molecule has 0 heterocycles. The SMILES string of the molecule is CS(=O)(=O)CCOc1cc(F)cc(Br)c1. The third kappa shape index (κ3) is 5.13. The van der Waals surface area contributed by atoms with Crippen molar-refractivity contribution in [3.63, 3.8) is 0 Å². The summed E-state index contributed by atoms with van der Waals surface area (Å²) in [6.45, 7) is 0.0225. The summed E-state index contributed by atoms with van der Waals surface area (Å²) in [5.41, 5.74) is 0. The van der Waals surface area contributed by atoms with Gasteiger partial charge in [0.15, 0.2) is 9.84 Å². The first-order valence-corrected chi connectivity index (χ1v) is 6.99. The molecular weight excluding hydrogens is 287 g/mol. The maximum Gasteiger partial charge on any atom is 0.150 e. The summed E-state index contributed by atoms with van der Waals surface area (Å²) in [6, 6.07) is 4.07. The van der Waals surface area contributed by atoms with Crippen LogP contribution in [0.1, 0.15) is 0 Å². The molecule has 0 N–H and O–H groups in total. The Hall–Kier alpha value is -0.620. The lowest BCUT2D eigenvalue weighted by molar-refractivity contribution is 0.339. The Morgan fingerprint density at radius 3 is 2.60 bits per heavy atom. The van der Waals surface area contributed by atoms with Crippen LogP contribution in [0.4, 0.5) is 4.39 Å². The van der Waals surface area contributed by atoms with Crippen LogP contribution in [0.5, 0.6) is 5.75 Å². The Morgan fingerprint density at radius 1 is 1.40 bits per heavy atom. The Labute approximate surface area is 96.3 Å². The molecule has 0 unspecified atom stereocenters. The van der Waals surface area contributed by atoms with E-state index in [0.717, 1.165) is 6.26 Å². The van der Waals surface area contributed by atoms with Crippen LogP contribution >= 0.6 is 15.9 Å². The highest BCUT2D eigenvalue weighted by Gasteiger charge is 2.04. The van der Waals surface area contributed by atoms with Gasteiger partial charge in [0.1, 0.15) is 18.2 Å². The molecule has 0 spiro atoms. The molecule has 0 aliphatic carbocycles. The number of benzene rings is 1. The van der Waals surface area contributed by atoms with Crippen LogP contribution in [0.15, 0.2) is 22.7 Å². The Kier molecular flexibility index (Phi) is 4.10. The molecular formula is C9H10BrFO3S. The second-order valence-corrected chi connectivity index (χ2v) is 6.26. The van der Waals surface area contributed by atoms with E-state index in [0.29, 0.717) is 10.2 Å². The minimum atomic E-state index is -3.04. The van der Waals surface area contributed by atoms with E-state index >= 15 is 0 Å². The molecule has 84 valence electrons. The summed E-state index contributed by atoms with van der Waals surface area (Å²) in [4.78, 5) is 0. The minimum absolute atomic E-state index is 0.0225. The van der Waals surface area contributed by atoms with E-state index in [1.165, 1.54) is 12.1 Å². The molecule has 0 aliphatic heterocycles. The Balaban J connectivity index is 2.58. The number of rotatable bonds is 4. The van der Waals surface area contributed by atoms with E-state index in [4.69, 9.17) is 4.74 Å². The van der Waals surface area contributed by atoms with Gasteiger partial charge in [-0.1, -0.05) is 15.9 Å². The molecule has 1 aromatic carbocycles. The standard InChI is InChI=1S/C9H10BrFO3S/c1-15(12,13)3-2-14-9-5-7(10)4-8(11)6-9/h4-6H,2-3H2,1H3. The predicted octanol–water partition coefficient (Wildman–Crippen LogP) is 2.01. The molecule has 6 heteroatoms. The van der Waals surface area contributed by atoms with Crippen LogP contribution in [0.25, 0.3) is 0 Å². The van der Waals surface area contributed by atoms with Crippen molar-refractivity contribution >= 4 is 25.8 Å². The van der Waals surface area contributed by atoms with Gasteiger partial charge in [-0.2, -0.15) is 0 Å². The van der Waals surface area contributed by atoms with Crippen molar-refractivity contribution < 1.29 is 17.5 Å². The van der Waals surface area contributed by atoms with E-state index in [1.54, 1.807) is 6.07 Å². The first-order chi connectivity index (χ1) is 6.87. The second kappa shape index (κ2) is 4.94. The second-order valence-electron chi connectivity index (χ2n) is 3.08. The molecule has 0 saturated heterocycles. The Morgan fingerprint density at radius 2 is 2.07 bits per heavy atom. The van der Waals surface area contributed by atoms with Crippen molar-refractivity contribution in [2.45, 2.75) is 0 Å². The summed E-state index contributed by atoms with van der Waals surface area (Å²) in [5, 5.41) is 0. The maximum absolute atomic E-state index is 12.9. The topological polar surface area (TPSA) is 43.4 Å². The van der Waals surface area contributed by atoms with Gasteiger partial charge >= 0.3 is 0 Å². The summed E-state index contributed by atoms with van der Waals surface area (Å²) < 4.78 is 40.1. The third-order valence-electron chi connectivity index (χ3n) is 1.56. The lowest BCUT2D eigenvalue weighted by Crippen LogP contribution is -2.12. The lowest BCUT2D eigenvalue weighted by atomic mass is 10.3. The molecule has 1 rings (SSSR count). The molecule has 0 aromatic heterocycles. The van der Waals surface area contributed by atoms with Crippen molar-refractivity contribution in [3.8, 4) is 5.75 Å². The van der Waals surface area contributed by atoms with Crippen molar-refractivity contribution in [1.82, 2.24) is 0 Å². The molecule has 0 atom stereocenters. The van der Waals surface area contributed by atoms with E-state index < -0.39 is 15.7 Å². The number of sulfone groups is 1. The Bertz CT molecular complexity index is 424. The molecule has 0 radical (unpaired) electrons. The largest absolute Gasteiger partial charge is 0.492 e. The van der Waals surface area contributed by atoms with Gasteiger partial charge < -0.3 is 4.74 Å². The monoisotopic (exact) mass is 296 g/mol. The lowest BCUT2D eigenvalue weighted by Gasteiger charge is -2.05. The quantitative estimate of drug-likeness (QED) is 0.854. The van der Waals surface area contributed by atoms with Crippen LogP contribution in [-0.4, -0.2) is 27.0 Å². The fraction of sp³-hybridized carbons (Fsp3) is 0.333. The van der Waals surface area contributed by atoms with Gasteiger partial charge in [0, 0.05) is 16.8 Å². The van der Waals surface area contributed by atoms with E-state index in [2.05, 4.69) is 15.9 Å². The first-order valence-electron chi connectivity index (χ1n) is 4.13. The van der Waals surface area contributed by atoms with Crippen LogP contribution in [0.3, 0.4) is 0 Å². The smallest absolute Gasteiger partial charge is 0.150 e. The number of halogens is 2. The molecule has 1 aromatic rings. The maximum atomic E-state index is 12.9. The van der Waals surface area contributed by atoms with Crippen LogP contribution < -0.4 is 4.74 Å². The van der Waals surface area contributed by atoms with Gasteiger partial charge in [-0.25, -0.2) is 12.8 Å². The highest BCUT2D eigenvalue weighted by Crippen LogP contribution is 2.20. The van der Waals surface area contributed by atoms with Crippen LogP contribution in [0.2, 0.25) is 0 Å². The van der Waals surface area contributed by atoms with Gasteiger partial charge in [-0.3, -0.25) is 0 Å². The molecule has 15 heavy (non-hydrogen) atoms. The summed E-state index contributed by atoms with van der Waals surface area (Å²) >= 11 is 3.11. The van der Waals surface area contributed by atoms with Crippen molar-refractivity contribution in [2.75, 3.05) is 18.6 Å². The zero-order valence-corrected chi connectivity index (χ0v) is 10.4. The molecule has 0 fully saturated rings. The fourth-order valence-electron chi connectivity index (χ4n) is 0.923. The molecule has 0 amide bonds. The zero-order chi connectivity index (χ0) is 11.5. The van der Waals surface area contributed by atoms with Gasteiger partial charge in [0.2, 0.25) is 0 Å². The van der Waals surface area contributed by atoms with Crippen molar-refractivity contribution in [1.29, 1.82) is 0 Å². The van der Waals surface area contributed by atoms with Gasteiger partial charge in [-0.05, 0) is 12.1 Å². The predicted molar refractivity (Wildman–Crippen MR) is 59.3 cm³/mol. The average Bonchev–Trinajstić information content (AvgIpc) is 1.99. The first kappa shape index (κ1) is 12.4. The fourth-order valence-corrected chi connectivity index (χ4v) is 1.75. The van der Waals surface area contributed by atoms with E-state index in [-0.39, 0.29) is 12.4 Å². The van der Waals surface area contributed by atoms with Crippen LogP contribution in [0, 0.1) is 5.82 Å². The summed E-state index contributed by atoms with van der Waals surface area (Å²) in [7, 11) is -3.04. The van der Waals surface area contributed by atoms with E-state index in [9.17, 15) is 12.8 Å². The summed E-state index contributed by atoms with van der Waals surface area (Å²) in [6.07, 6.45) is 1.12. The highest BCUT2D eigenvalue weighted by molar-refractivity contribution is 9.10. The number of ether oxygens (including phenoxy) is 1. The highest BCUT2D eigenvalue weighted by atomic mass is 79.9. The van der Waals surface area contributed by atoms with Crippen molar-refractivity contribution in [2.24, 2.45) is 0 Å². The third-order valence-corrected chi connectivity index (χ3v) is 2.93. The molecule has 0 aliphatic rings. The minimum Gasteiger partial charge on any atom is -0.492 e. The zero-order valence-electron chi connectivity index (χ0n) is 8.04. The van der Waals surface area contributed by atoms with Crippen LogP contribution in [-0.2, 0) is 9.84 Å². The number of hydrogen-bond donors (Lipinski definition) is 0. The molecule has 0 saturated carbocycles. The molecule has 0 bridgehead atoms. The summed E-state index contributed by atoms with van der Waals surface area (Å²) in [5.74, 6) is -0.203. The van der Waals surface area contributed by atoms with Crippen molar-refractivity contribution in [3.05, 3.63) is 28.5 Å². The van der Waals surface area contributed by atoms with E-state index in [1.807, 2.05) is 0 Å². The van der Waals surface area contributed by atoms with Gasteiger partial charge in [0.25, 0.3) is 0 Å². The molecule has 3 nitrogen and oxygen atoms in total. The number of hydrogen-bond acceptors (Lipinski definition) is 3. The normalized spacial score (nSPS) is 11.4.